The van der Waals surface area contributed by atoms with Gasteiger partial charge in [-0.25, -0.2) is 0 Å². The van der Waals surface area contributed by atoms with Crippen LogP contribution in [0.1, 0.15) is 28.4 Å². The first-order chi connectivity index (χ1) is 6.54. The highest BCUT2D eigenvalue weighted by molar-refractivity contribution is 5.92. The number of carbonyl (C=O) groups excluding carboxylic acids is 2. The third-order valence-electron chi connectivity index (χ3n) is 2.03. The van der Waals surface area contributed by atoms with Gasteiger partial charge in [0.1, 0.15) is 6.29 Å². The van der Waals surface area contributed by atoms with Crippen LogP contribution in [-0.4, -0.2) is 12.2 Å². The molecule has 1 aromatic carbocycles. The molecule has 0 atom stereocenters. The predicted molar refractivity (Wildman–Crippen MR) is 55.6 cm³/mol. The van der Waals surface area contributed by atoms with Crippen LogP contribution in [-0.2, 0) is 4.79 Å². The highest BCUT2D eigenvalue weighted by Crippen LogP contribution is 2.20. The van der Waals surface area contributed by atoms with Gasteiger partial charge in [0.05, 0.1) is 0 Å². The lowest BCUT2D eigenvalue weighted by Gasteiger charge is -2.09. The van der Waals surface area contributed by atoms with Crippen molar-refractivity contribution in [1.29, 1.82) is 0 Å². The van der Waals surface area contributed by atoms with E-state index in [1.807, 2.05) is 19.9 Å². The Morgan fingerprint density at radius 3 is 2.50 bits per heavy atom. The molecule has 0 saturated carbocycles. The van der Waals surface area contributed by atoms with Gasteiger partial charge >= 0.3 is 0 Å². The van der Waals surface area contributed by atoms with Crippen LogP contribution in [0.5, 0.6) is 0 Å². The van der Waals surface area contributed by atoms with Gasteiger partial charge in [-0.15, -0.1) is 0 Å². The molecule has 0 fully saturated rings. The Labute approximate surface area is 83.1 Å². The summed E-state index contributed by atoms with van der Waals surface area (Å²) in [5.41, 5.74) is 3.09. The molecule has 0 aliphatic carbocycles. The van der Waals surface area contributed by atoms with Crippen molar-refractivity contribution in [2.45, 2.75) is 20.8 Å². The van der Waals surface area contributed by atoms with Crippen molar-refractivity contribution >= 4 is 17.9 Å². The molecule has 0 unspecified atom stereocenters. The normalized spacial score (nSPS) is 9.64. The van der Waals surface area contributed by atoms with Crippen molar-refractivity contribution in [1.82, 2.24) is 0 Å². The molecule has 0 heterocycles. The minimum absolute atomic E-state index is 0.129. The van der Waals surface area contributed by atoms with E-state index in [0.717, 1.165) is 17.4 Å². The number of rotatable bonds is 2. The monoisotopic (exact) mass is 191 g/mol. The van der Waals surface area contributed by atoms with Crippen molar-refractivity contribution in [2.75, 3.05) is 5.32 Å². The minimum atomic E-state index is -0.129. The highest BCUT2D eigenvalue weighted by Gasteiger charge is 2.05. The topological polar surface area (TPSA) is 46.2 Å². The molecule has 0 aromatic heterocycles. The molecule has 1 amide bonds. The molecule has 0 bridgehead atoms. The molecule has 1 rings (SSSR count). The Hall–Kier alpha value is -1.64. The summed E-state index contributed by atoms with van der Waals surface area (Å²) in [5, 5.41) is 2.69. The first kappa shape index (κ1) is 10.4. The molecule has 3 nitrogen and oxygen atoms in total. The fourth-order valence-electron chi connectivity index (χ4n) is 1.33. The van der Waals surface area contributed by atoms with E-state index in [0.29, 0.717) is 11.3 Å². The van der Waals surface area contributed by atoms with E-state index in [4.69, 9.17) is 0 Å². The fourth-order valence-corrected chi connectivity index (χ4v) is 1.33. The van der Waals surface area contributed by atoms with Gasteiger partial charge in [-0.05, 0) is 37.1 Å². The summed E-state index contributed by atoms with van der Waals surface area (Å²) < 4.78 is 0. The number of carbonyl (C=O) groups is 2. The quantitative estimate of drug-likeness (QED) is 0.727. The molecule has 14 heavy (non-hydrogen) atoms. The molecule has 1 aromatic rings. The van der Waals surface area contributed by atoms with Crippen molar-refractivity contribution in [3.63, 3.8) is 0 Å². The lowest BCUT2D eigenvalue weighted by molar-refractivity contribution is -0.114. The third kappa shape index (κ3) is 2.19. The van der Waals surface area contributed by atoms with Gasteiger partial charge in [0.2, 0.25) is 5.91 Å². The number of nitrogens with one attached hydrogen (secondary N) is 1. The molecule has 1 N–H and O–H groups in total. The molecule has 74 valence electrons. The minimum Gasteiger partial charge on any atom is -0.326 e. The zero-order valence-electron chi connectivity index (χ0n) is 8.55. The highest BCUT2D eigenvalue weighted by atomic mass is 16.1. The average Bonchev–Trinajstić information content (AvgIpc) is 2.09. The first-order valence-electron chi connectivity index (χ1n) is 4.38. The molecular formula is C11H13NO2. The van der Waals surface area contributed by atoms with Gasteiger partial charge in [-0.1, -0.05) is 0 Å². The van der Waals surface area contributed by atoms with E-state index >= 15 is 0 Å². The van der Waals surface area contributed by atoms with Gasteiger partial charge in [0.25, 0.3) is 0 Å². The van der Waals surface area contributed by atoms with E-state index in [2.05, 4.69) is 5.32 Å². The van der Waals surface area contributed by atoms with Crippen LogP contribution < -0.4 is 5.32 Å². The smallest absolute Gasteiger partial charge is 0.221 e. The second-order valence-corrected chi connectivity index (χ2v) is 3.33. The predicted octanol–water partition coefficient (Wildman–Crippen LogP) is 2.07. The summed E-state index contributed by atoms with van der Waals surface area (Å²) in [6.45, 7) is 5.15. The Balaban J connectivity index is 3.21. The van der Waals surface area contributed by atoms with E-state index < -0.39 is 0 Å². The summed E-state index contributed by atoms with van der Waals surface area (Å²) in [6, 6.07) is 3.65. The van der Waals surface area contributed by atoms with Crippen molar-refractivity contribution < 1.29 is 9.59 Å². The van der Waals surface area contributed by atoms with Gasteiger partial charge in [-0.2, -0.15) is 0 Å². The molecule has 0 aliphatic heterocycles. The van der Waals surface area contributed by atoms with E-state index in [9.17, 15) is 9.59 Å². The largest absolute Gasteiger partial charge is 0.326 e. The number of aldehydes is 1. The van der Waals surface area contributed by atoms with Gasteiger partial charge in [0, 0.05) is 18.2 Å². The zero-order chi connectivity index (χ0) is 10.7. The molecular weight excluding hydrogens is 178 g/mol. The van der Waals surface area contributed by atoms with Crippen LogP contribution in [0.3, 0.4) is 0 Å². The number of hydrogen-bond donors (Lipinski definition) is 1. The van der Waals surface area contributed by atoms with Gasteiger partial charge < -0.3 is 5.32 Å². The number of anilines is 1. The van der Waals surface area contributed by atoms with E-state index in [1.165, 1.54) is 6.92 Å². The number of aryl methyl sites for hydroxylation is 1. The summed E-state index contributed by atoms with van der Waals surface area (Å²) >= 11 is 0. The van der Waals surface area contributed by atoms with Crippen LogP contribution in [0, 0.1) is 13.8 Å². The maximum absolute atomic E-state index is 10.9. The van der Waals surface area contributed by atoms with Crippen molar-refractivity contribution in [2.24, 2.45) is 0 Å². The second-order valence-electron chi connectivity index (χ2n) is 3.33. The number of hydrogen-bond acceptors (Lipinski definition) is 2. The SMILES string of the molecule is CC(=O)Nc1cc(C)cc(C=O)c1C. The van der Waals surface area contributed by atoms with Crippen LogP contribution in [0.25, 0.3) is 0 Å². The second kappa shape index (κ2) is 4.05. The van der Waals surface area contributed by atoms with Crippen LogP contribution in [0.2, 0.25) is 0 Å². The van der Waals surface area contributed by atoms with Crippen LogP contribution in [0.4, 0.5) is 5.69 Å². The average molecular weight is 191 g/mol. The van der Waals surface area contributed by atoms with Gasteiger partial charge in [0.15, 0.2) is 0 Å². The summed E-state index contributed by atoms with van der Waals surface area (Å²) in [7, 11) is 0. The van der Waals surface area contributed by atoms with Crippen molar-refractivity contribution in [3.05, 3.63) is 28.8 Å². The Morgan fingerprint density at radius 2 is 2.00 bits per heavy atom. The lowest BCUT2D eigenvalue weighted by atomic mass is 10.0. The third-order valence-corrected chi connectivity index (χ3v) is 2.03. The molecule has 0 saturated heterocycles. The standard InChI is InChI=1S/C11H13NO2/c1-7-4-10(6-13)8(2)11(5-7)12-9(3)14/h4-6H,1-3H3,(H,12,14). The van der Waals surface area contributed by atoms with E-state index in [-0.39, 0.29) is 5.91 Å². The summed E-state index contributed by atoms with van der Waals surface area (Å²) in [4.78, 5) is 21.6. The zero-order valence-corrected chi connectivity index (χ0v) is 8.55. The molecule has 3 heteroatoms. The Morgan fingerprint density at radius 1 is 1.36 bits per heavy atom. The summed E-state index contributed by atoms with van der Waals surface area (Å²) in [6.07, 6.45) is 0.799. The van der Waals surface area contributed by atoms with E-state index in [1.54, 1.807) is 6.07 Å². The number of benzene rings is 1. The van der Waals surface area contributed by atoms with Gasteiger partial charge in [-0.3, -0.25) is 9.59 Å². The van der Waals surface area contributed by atoms with Crippen LogP contribution in [0.15, 0.2) is 12.1 Å². The number of amides is 1. The molecule has 0 spiro atoms. The summed E-state index contributed by atoms with van der Waals surface area (Å²) in [5.74, 6) is -0.129. The maximum Gasteiger partial charge on any atom is 0.221 e. The Kier molecular flexibility index (Phi) is 3.02. The lowest BCUT2D eigenvalue weighted by Crippen LogP contribution is -2.08. The molecule has 0 radical (unpaired) electrons. The van der Waals surface area contributed by atoms with Crippen LogP contribution >= 0.6 is 0 Å². The Bertz CT molecular complexity index is 383. The molecule has 0 aliphatic rings. The van der Waals surface area contributed by atoms with Crippen molar-refractivity contribution in [3.8, 4) is 0 Å². The first-order valence-corrected chi connectivity index (χ1v) is 4.38. The maximum atomic E-state index is 10.9. The fraction of sp³-hybridized carbons (Fsp3) is 0.273.